The molecule has 0 radical (unpaired) electrons. The highest BCUT2D eigenvalue weighted by Gasteiger charge is 2.48. The van der Waals surface area contributed by atoms with E-state index in [-0.39, 0.29) is 29.2 Å². The van der Waals surface area contributed by atoms with Gasteiger partial charge in [0.05, 0.1) is 21.6 Å². The second-order valence-electron chi connectivity index (χ2n) is 5.12. The first-order valence-electron chi connectivity index (χ1n) is 6.62. The van der Waals surface area contributed by atoms with Gasteiger partial charge in [0.2, 0.25) is 0 Å². The van der Waals surface area contributed by atoms with Crippen LogP contribution in [0.1, 0.15) is 23.2 Å². The zero-order valence-corrected chi connectivity index (χ0v) is 12.3. The quantitative estimate of drug-likeness (QED) is 0.669. The molecular weight excluding hydrogens is 341 g/mol. The van der Waals surface area contributed by atoms with E-state index < -0.39 is 29.2 Å². The van der Waals surface area contributed by atoms with Gasteiger partial charge in [-0.05, 0) is 18.9 Å². The summed E-state index contributed by atoms with van der Waals surface area (Å²) in [6.07, 6.45) is -7.16. The number of amides is 1. The minimum absolute atomic E-state index is 0.0109. The number of nitro groups is 1. The number of rotatable bonds is 3. The highest BCUT2D eigenvalue weighted by Crippen LogP contribution is 2.33. The van der Waals surface area contributed by atoms with Gasteiger partial charge in [0.15, 0.2) is 6.10 Å². The van der Waals surface area contributed by atoms with Crippen LogP contribution in [0, 0.1) is 10.1 Å². The van der Waals surface area contributed by atoms with Gasteiger partial charge in [-0.3, -0.25) is 14.9 Å². The van der Waals surface area contributed by atoms with E-state index in [0.29, 0.717) is 6.42 Å². The zero-order valence-electron chi connectivity index (χ0n) is 11.6. The average Bonchev–Trinajstić information content (AvgIpc) is 2.93. The lowest BCUT2D eigenvalue weighted by molar-refractivity contribution is -0.384. The minimum atomic E-state index is -4.84. The first-order valence-corrected chi connectivity index (χ1v) is 7.00. The lowest BCUT2D eigenvalue weighted by Crippen LogP contribution is -2.49. The Bertz CT molecular complexity index is 638. The molecule has 2 atom stereocenters. The van der Waals surface area contributed by atoms with Crippen molar-refractivity contribution >= 4 is 23.2 Å². The smallest absolute Gasteiger partial charge is 0.382 e. The molecule has 0 bridgehead atoms. The molecule has 0 aromatic heterocycles. The van der Waals surface area contributed by atoms with Crippen LogP contribution in [0.5, 0.6) is 0 Å². The molecule has 1 heterocycles. The molecule has 0 spiro atoms. The number of nitrogens with zero attached hydrogens (tertiary/aromatic N) is 2. The third kappa shape index (κ3) is 3.56. The van der Waals surface area contributed by atoms with Crippen LogP contribution in [0.2, 0.25) is 5.02 Å². The van der Waals surface area contributed by atoms with Crippen molar-refractivity contribution in [3.8, 4) is 0 Å². The Morgan fingerprint density at radius 3 is 2.65 bits per heavy atom. The fraction of sp³-hybridized carbons (Fsp3) is 0.462. The van der Waals surface area contributed by atoms with E-state index in [2.05, 4.69) is 0 Å². The molecule has 23 heavy (non-hydrogen) atoms. The first-order chi connectivity index (χ1) is 10.6. The number of hydrogen-bond acceptors (Lipinski definition) is 4. The number of likely N-dealkylation sites (tertiary alicyclic amines) is 1. The van der Waals surface area contributed by atoms with Crippen LogP contribution < -0.4 is 0 Å². The molecule has 126 valence electrons. The molecule has 1 fully saturated rings. The maximum Gasteiger partial charge on any atom is 0.416 e. The average molecular weight is 353 g/mol. The third-order valence-electron chi connectivity index (χ3n) is 3.65. The van der Waals surface area contributed by atoms with Crippen LogP contribution in [-0.4, -0.2) is 45.7 Å². The number of alkyl halides is 3. The number of benzene rings is 1. The van der Waals surface area contributed by atoms with Crippen molar-refractivity contribution in [1.82, 2.24) is 4.90 Å². The molecule has 6 nitrogen and oxygen atoms in total. The maximum absolute atomic E-state index is 12.7. The molecule has 0 saturated carbocycles. The molecule has 0 aliphatic carbocycles. The number of aliphatic hydroxyl groups is 1. The number of nitro benzene ring substituents is 1. The van der Waals surface area contributed by atoms with Gasteiger partial charge < -0.3 is 10.0 Å². The fourth-order valence-corrected chi connectivity index (χ4v) is 2.79. The molecule has 10 heteroatoms. The molecular formula is C13H12ClF3N2O4. The summed E-state index contributed by atoms with van der Waals surface area (Å²) in [7, 11) is 0. The van der Waals surface area contributed by atoms with E-state index >= 15 is 0 Å². The summed E-state index contributed by atoms with van der Waals surface area (Å²) in [6, 6.07) is 1.71. The summed E-state index contributed by atoms with van der Waals surface area (Å²) >= 11 is 5.83. The van der Waals surface area contributed by atoms with E-state index in [1.165, 1.54) is 0 Å². The molecule has 0 unspecified atom stereocenters. The topological polar surface area (TPSA) is 83.7 Å². The third-order valence-corrected chi connectivity index (χ3v) is 3.97. The summed E-state index contributed by atoms with van der Waals surface area (Å²) in [5, 5.41) is 19.8. The Kier molecular flexibility index (Phi) is 4.81. The minimum Gasteiger partial charge on any atom is -0.382 e. The van der Waals surface area contributed by atoms with E-state index in [1.807, 2.05) is 0 Å². The van der Waals surface area contributed by atoms with Gasteiger partial charge >= 0.3 is 6.18 Å². The summed E-state index contributed by atoms with van der Waals surface area (Å²) in [6.45, 7) is 0.0456. The Hall–Kier alpha value is -1.87. The summed E-state index contributed by atoms with van der Waals surface area (Å²) in [5.41, 5.74) is -0.474. The van der Waals surface area contributed by atoms with E-state index in [9.17, 15) is 33.2 Å². The number of halogens is 4. The predicted molar refractivity (Wildman–Crippen MR) is 74.2 cm³/mol. The largest absolute Gasteiger partial charge is 0.416 e. The number of non-ortho nitro benzene ring substituents is 1. The zero-order chi connectivity index (χ0) is 17.4. The number of hydrogen-bond donors (Lipinski definition) is 1. The molecule has 2 rings (SSSR count). The fourth-order valence-electron chi connectivity index (χ4n) is 2.54. The molecule has 1 aromatic rings. The lowest BCUT2D eigenvalue weighted by Gasteiger charge is -2.30. The summed E-state index contributed by atoms with van der Waals surface area (Å²) in [5.74, 6) is -0.796. The summed E-state index contributed by atoms with van der Waals surface area (Å²) < 4.78 is 38.0. The predicted octanol–water partition coefficient (Wildman–Crippen LogP) is 2.78. The van der Waals surface area contributed by atoms with Gasteiger partial charge in [-0.15, -0.1) is 0 Å². The monoisotopic (exact) mass is 352 g/mol. The van der Waals surface area contributed by atoms with Crippen LogP contribution >= 0.6 is 11.6 Å². The molecule has 1 N–H and O–H groups in total. The van der Waals surface area contributed by atoms with Gasteiger partial charge in [0, 0.05) is 18.7 Å². The van der Waals surface area contributed by atoms with E-state index in [4.69, 9.17) is 11.6 Å². The lowest BCUT2D eigenvalue weighted by atomic mass is 10.1. The van der Waals surface area contributed by atoms with Crippen molar-refractivity contribution in [3.63, 3.8) is 0 Å². The highest BCUT2D eigenvalue weighted by atomic mass is 35.5. The van der Waals surface area contributed by atoms with Gasteiger partial charge in [-0.1, -0.05) is 11.6 Å². The van der Waals surface area contributed by atoms with E-state index in [1.54, 1.807) is 0 Å². The SMILES string of the molecule is O=C(c1ccc([N+](=O)[O-])cc1Cl)N1CCC[C@H]1[C@@H](O)C(F)(F)F. The Balaban J connectivity index is 2.27. The standard InChI is InChI=1S/C13H12ClF3N2O4/c14-9-6-7(19(22)23)3-4-8(9)12(21)18-5-1-2-10(18)11(20)13(15,16)17/h3-4,6,10-11,20H,1-2,5H2/t10-,11+/m0/s1. The molecule has 1 aliphatic heterocycles. The Labute approximate surface area is 133 Å². The Morgan fingerprint density at radius 1 is 1.48 bits per heavy atom. The molecule has 1 aliphatic rings. The van der Waals surface area contributed by atoms with Crippen molar-refractivity contribution in [3.05, 3.63) is 38.9 Å². The van der Waals surface area contributed by atoms with Crippen LogP contribution in [0.15, 0.2) is 18.2 Å². The highest BCUT2D eigenvalue weighted by molar-refractivity contribution is 6.34. The first kappa shape index (κ1) is 17.5. The van der Waals surface area contributed by atoms with Crippen LogP contribution in [0.3, 0.4) is 0 Å². The van der Waals surface area contributed by atoms with Gasteiger partial charge in [0.1, 0.15) is 0 Å². The van der Waals surface area contributed by atoms with Crippen molar-refractivity contribution in [1.29, 1.82) is 0 Å². The van der Waals surface area contributed by atoms with Gasteiger partial charge in [-0.25, -0.2) is 0 Å². The Morgan fingerprint density at radius 2 is 2.13 bits per heavy atom. The normalized spacial score (nSPS) is 19.7. The number of aliphatic hydroxyl groups excluding tert-OH is 1. The van der Waals surface area contributed by atoms with Crippen LogP contribution in [-0.2, 0) is 0 Å². The second kappa shape index (κ2) is 6.32. The molecule has 1 aromatic carbocycles. The van der Waals surface area contributed by atoms with Crippen molar-refractivity contribution in [2.45, 2.75) is 31.2 Å². The van der Waals surface area contributed by atoms with Crippen LogP contribution in [0.25, 0.3) is 0 Å². The number of carbonyl (C=O) groups excluding carboxylic acids is 1. The maximum atomic E-state index is 12.7. The van der Waals surface area contributed by atoms with Gasteiger partial charge in [0.25, 0.3) is 11.6 Å². The van der Waals surface area contributed by atoms with E-state index in [0.717, 1.165) is 23.1 Å². The second-order valence-corrected chi connectivity index (χ2v) is 5.52. The molecule has 1 amide bonds. The molecule has 1 saturated heterocycles. The van der Waals surface area contributed by atoms with Crippen molar-refractivity contribution in [2.75, 3.05) is 6.54 Å². The van der Waals surface area contributed by atoms with Crippen molar-refractivity contribution in [2.24, 2.45) is 0 Å². The van der Waals surface area contributed by atoms with Crippen LogP contribution in [0.4, 0.5) is 18.9 Å². The summed E-state index contributed by atoms with van der Waals surface area (Å²) in [4.78, 5) is 23.2. The van der Waals surface area contributed by atoms with Gasteiger partial charge in [-0.2, -0.15) is 13.2 Å². The number of carbonyl (C=O) groups is 1. The van der Waals surface area contributed by atoms with Crippen molar-refractivity contribution < 1.29 is 28.0 Å².